The normalized spacial score (nSPS) is 15.6. The first kappa shape index (κ1) is 20.7. The van der Waals surface area contributed by atoms with E-state index in [1.165, 1.54) is 4.90 Å². The molecular formula is C22H29N4O3+. The Balaban J connectivity index is 1.56. The van der Waals surface area contributed by atoms with Gasteiger partial charge in [0.05, 0.1) is 38.5 Å². The highest BCUT2D eigenvalue weighted by molar-refractivity contribution is 5.95. The van der Waals surface area contributed by atoms with Crippen molar-refractivity contribution >= 4 is 23.2 Å². The van der Waals surface area contributed by atoms with Crippen molar-refractivity contribution in [2.75, 3.05) is 43.0 Å². The number of piperazine rings is 1. The topological polar surface area (TPSA) is 89.1 Å². The van der Waals surface area contributed by atoms with Crippen LogP contribution in [0.2, 0.25) is 0 Å². The number of quaternary nitrogens is 1. The van der Waals surface area contributed by atoms with Crippen LogP contribution in [0, 0.1) is 0 Å². The summed E-state index contributed by atoms with van der Waals surface area (Å²) in [5.41, 5.74) is 7.44. The zero-order valence-electron chi connectivity index (χ0n) is 17.0. The van der Waals surface area contributed by atoms with Crippen molar-refractivity contribution in [3.05, 3.63) is 54.1 Å². The molecule has 0 aromatic heterocycles. The fourth-order valence-corrected chi connectivity index (χ4v) is 3.62. The summed E-state index contributed by atoms with van der Waals surface area (Å²) in [6.07, 6.45) is 0. The van der Waals surface area contributed by atoms with Gasteiger partial charge in [0.25, 0.3) is 5.91 Å². The molecule has 3 rings (SSSR count). The molecule has 29 heavy (non-hydrogen) atoms. The number of anilines is 2. The van der Waals surface area contributed by atoms with E-state index in [2.05, 4.69) is 16.3 Å². The molecule has 1 heterocycles. The van der Waals surface area contributed by atoms with Gasteiger partial charge >= 0.3 is 0 Å². The minimum atomic E-state index is -0.482. The molecule has 0 bridgehead atoms. The summed E-state index contributed by atoms with van der Waals surface area (Å²) in [4.78, 5) is 27.4. The number of benzene rings is 2. The molecule has 0 aliphatic carbocycles. The van der Waals surface area contributed by atoms with Gasteiger partial charge in [0, 0.05) is 11.3 Å². The second-order valence-corrected chi connectivity index (χ2v) is 7.20. The van der Waals surface area contributed by atoms with Crippen LogP contribution in [0.5, 0.6) is 5.75 Å². The third-order valence-corrected chi connectivity index (χ3v) is 5.35. The lowest BCUT2D eigenvalue weighted by Crippen LogP contribution is -3.19. The smallest absolute Gasteiger partial charge is 0.282 e. The van der Waals surface area contributed by atoms with E-state index in [9.17, 15) is 9.59 Å². The molecule has 1 atom stereocenters. The van der Waals surface area contributed by atoms with Crippen molar-refractivity contribution < 1.29 is 19.2 Å². The van der Waals surface area contributed by atoms with Gasteiger partial charge in [-0.2, -0.15) is 0 Å². The fourth-order valence-electron chi connectivity index (χ4n) is 3.62. The van der Waals surface area contributed by atoms with Crippen LogP contribution in [0.1, 0.15) is 24.2 Å². The Morgan fingerprint density at radius 3 is 2.41 bits per heavy atom. The van der Waals surface area contributed by atoms with Gasteiger partial charge in [-0.3, -0.25) is 9.59 Å². The summed E-state index contributed by atoms with van der Waals surface area (Å²) in [6, 6.07) is 14.5. The van der Waals surface area contributed by atoms with Gasteiger partial charge in [-0.25, -0.2) is 0 Å². The van der Waals surface area contributed by atoms with E-state index in [-0.39, 0.29) is 11.9 Å². The van der Waals surface area contributed by atoms with E-state index in [4.69, 9.17) is 10.5 Å². The minimum Gasteiger partial charge on any atom is -0.492 e. The predicted molar refractivity (Wildman–Crippen MR) is 114 cm³/mol. The van der Waals surface area contributed by atoms with Gasteiger partial charge in [0.1, 0.15) is 5.75 Å². The van der Waals surface area contributed by atoms with Crippen LogP contribution in [0.15, 0.2) is 48.5 Å². The number of para-hydroxylation sites is 2. The molecule has 1 aliphatic heterocycles. The first-order valence-corrected chi connectivity index (χ1v) is 10.0. The maximum Gasteiger partial charge on any atom is 0.282 e. The van der Waals surface area contributed by atoms with Gasteiger partial charge in [-0.15, -0.1) is 0 Å². The summed E-state index contributed by atoms with van der Waals surface area (Å²) in [7, 11) is 0. The number of carbonyl (C=O) groups is 2. The maximum atomic E-state index is 12.7. The molecular weight excluding hydrogens is 368 g/mol. The Labute approximate surface area is 171 Å². The first-order valence-electron chi connectivity index (χ1n) is 10.0. The summed E-state index contributed by atoms with van der Waals surface area (Å²) >= 11 is 0. The van der Waals surface area contributed by atoms with E-state index in [1.807, 2.05) is 32.0 Å². The number of nitrogens with one attached hydrogen (secondary N) is 2. The quantitative estimate of drug-likeness (QED) is 0.648. The first-order chi connectivity index (χ1) is 14.0. The summed E-state index contributed by atoms with van der Waals surface area (Å²) in [5.74, 6) is 0.392. The zero-order chi connectivity index (χ0) is 20.8. The Hall–Kier alpha value is -3.06. The van der Waals surface area contributed by atoms with Gasteiger partial charge in [0.15, 0.2) is 6.04 Å². The van der Waals surface area contributed by atoms with Crippen LogP contribution >= 0.6 is 0 Å². The highest BCUT2D eigenvalue weighted by Gasteiger charge is 2.30. The third-order valence-electron chi connectivity index (χ3n) is 5.35. The second-order valence-electron chi connectivity index (χ2n) is 7.20. The molecule has 154 valence electrons. The van der Waals surface area contributed by atoms with Crippen LogP contribution in [0.3, 0.4) is 0 Å². The van der Waals surface area contributed by atoms with Crippen LogP contribution in [0.25, 0.3) is 0 Å². The van der Waals surface area contributed by atoms with Crippen LogP contribution < -0.4 is 25.6 Å². The predicted octanol–water partition coefficient (Wildman–Crippen LogP) is 0.916. The number of nitrogens with zero attached hydrogens (tertiary/aromatic N) is 1. The largest absolute Gasteiger partial charge is 0.492 e. The number of primary amides is 1. The molecule has 0 unspecified atom stereocenters. The van der Waals surface area contributed by atoms with Crippen LogP contribution in [0.4, 0.5) is 11.4 Å². The summed E-state index contributed by atoms with van der Waals surface area (Å²) in [6.45, 7) is 8.05. The summed E-state index contributed by atoms with van der Waals surface area (Å²) < 4.78 is 5.75. The molecule has 2 aromatic rings. The number of hydrogen-bond acceptors (Lipinski definition) is 4. The minimum absolute atomic E-state index is 0.0324. The van der Waals surface area contributed by atoms with Crippen molar-refractivity contribution in [1.29, 1.82) is 0 Å². The highest BCUT2D eigenvalue weighted by atomic mass is 16.5. The number of carbonyl (C=O) groups excluding carboxylic acids is 2. The monoisotopic (exact) mass is 397 g/mol. The lowest BCUT2D eigenvalue weighted by Gasteiger charge is -2.36. The molecule has 7 nitrogen and oxygen atoms in total. The average molecular weight is 397 g/mol. The molecule has 2 aromatic carbocycles. The van der Waals surface area contributed by atoms with Crippen molar-refractivity contribution in [3.63, 3.8) is 0 Å². The van der Waals surface area contributed by atoms with E-state index in [1.54, 1.807) is 24.3 Å². The number of hydrogen-bond donors (Lipinski definition) is 3. The average Bonchev–Trinajstić information content (AvgIpc) is 2.74. The van der Waals surface area contributed by atoms with E-state index in [0.717, 1.165) is 37.6 Å². The molecule has 1 fully saturated rings. The van der Waals surface area contributed by atoms with E-state index < -0.39 is 5.91 Å². The molecule has 0 spiro atoms. The molecule has 1 aliphatic rings. The van der Waals surface area contributed by atoms with Crippen LogP contribution in [-0.4, -0.2) is 50.6 Å². The maximum absolute atomic E-state index is 12.7. The van der Waals surface area contributed by atoms with Gasteiger partial charge < -0.3 is 25.6 Å². The summed E-state index contributed by atoms with van der Waals surface area (Å²) in [5, 5.41) is 2.93. The Bertz CT molecular complexity index is 845. The van der Waals surface area contributed by atoms with Crippen LogP contribution in [-0.2, 0) is 4.79 Å². The fraction of sp³-hybridized carbons (Fsp3) is 0.364. The Morgan fingerprint density at radius 1 is 1.14 bits per heavy atom. The standard InChI is InChI=1S/C22H28N4O3/c1-3-29-20-7-5-4-6-19(20)26-14-12-25(13-15-26)16(2)22(28)24-18-10-8-17(9-11-18)21(23)27/h4-11,16H,3,12-15H2,1-2H3,(H2,23,27)(H,24,28)/p+1/t16-/m1/s1. The molecule has 7 heteroatoms. The molecule has 1 saturated heterocycles. The Morgan fingerprint density at radius 2 is 1.79 bits per heavy atom. The lowest BCUT2D eigenvalue weighted by atomic mass is 10.1. The number of rotatable bonds is 7. The number of nitrogens with two attached hydrogens (primary N) is 1. The lowest BCUT2D eigenvalue weighted by molar-refractivity contribution is -0.914. The Kier molecular flexibility index (Phi) is 6.72. The van der Waals surface area contributed by atoms with Gasteiger partial charge in [-0.1, -0.05) is 12.1 Å². The molecule has 0 radical (unpaired) electrons. The van der Waals surface area contributed by atoms with Crippen molar-refractivity contribution in [1.82, 2.24) is 0 Å². The third kappa shape index (κ3) is 5.06. The zero-order valence-corrected chi connectivity index (χ0v) is 17.0. The molecule has 4 N–H and O–H groups in total. The SMILES string of the molecule is CCOc1ccccc1N1CC[NH+]([C@H](C)C(=O)Nc2ccc(C(N)=O)cc2)CC1. The molecule has 0 saturated carbocycles. The van der Waals surface area contributed by atoms with E-state index >= 15 is 0 Å². The van der Waals surface area contributed by atoms with Gasteiger partial charge in [-0.05, 0) is 50.2 Å². The highest BCUT2D eigenvalue weighted by Crippen LogP contribution is 2.27. The van der Waals surface area contributed by atoms with Gasteiger partial charge in [0.2, 0.25) is 5.91 Å². The number of amides is 2. The van der Waals surface area contributed by atoms with Crippen molar-refractivity contribution in [3.8, 4) is 5.75 Å². The molecule has 2 amide bonds. The second kappa shape index (κ2) is 9.43. The van der Waals surface area contributed by atoms with E-state index in [0.29, 0.717) is 17.9 Å². The van der Waals surface area contributed by atoms with Crippen molar-refractivity contribution in [2.24, 2.45) is 5.73 Å². The van der Waals surface area contributed by atoms with Crippen molar-refractivity contribution in [2.45, 2.75) is 19.9 Å². The number of ether oxygens (including phenoxy) is 1.